The Morgan fingerprint density at radius 3 is 2.25 bits per heavy atom. The van der Waals surface area contributed by atoms with Crippen molar-refractivity contribution in [3.8, 4) is 11.5 Å². The lowest BCUT2D eigenvalue weighted by Gasteiger charge is -2.12. The third kappa shape index (κ3) is 4.21. The summed E-state index contributed by atoms with van der Waals surface area (Å²) in [6.07, 6.45) is 1.56. The molecule has 0 amide bonds. The van der Waals surface area contributed by atoms with Crippen LogP contribution < -0.4 is 10.5 Å². The second-order valence-electron chi connectivity index (χ2n) is 5.69. The molecule has 24 heavy (non-hydrogen) atoms. The summed E-state index contributed by atoms with van der Waals surface area (Å²) < 4.78 is 19.6. The van der Waals surface area contributed by atoms with Crippen LogP contribution in [0.1, 0.15) is 16.7 Å². The number of rotatable bonds is 6. The molecule has 3 aromatic carbocycles. The topological polar surface area (TPSA) is 35.2 Å². The average molecular weight is 321 g/mol. The zero-order valence-corrected chi connectivity index (χ0v) is 13.4. The highest BCUT2D eigenvalue weighted by Gasteiger charge is 2.08. The Bertz CT molecular complexity index is 785. The molecule has 3 rings (SSSR count). The molecule has 0 aliphatic rings. The smallest absolute Gasteiger partial charge is 0.130 e. The van der Waals surface area contributed by atoms with Crippen molar-refractivity contribution in [3.05, 3.63) is 95.3 Å². The standard InChI is InChI=1S/C21H20FNO/c22-19-10-13-21(24-20-11-7-17(15-23)8-12-20)18(14-19)9-6-16-4-2-1-3-5-16/h1-5,7-8,10-14H,6,9,15,23H2. The summed E-state index contributed by atoms with van der Waals surface area (Å²) >= 11 is 0. The first kappa shape index (κ1) is 16.2. The van der Waals surface area contributed by atoms with Crippen molar-refractivity contribution in [3.63, 3.8) is 0 Å². The normalized spacial score (nSPS) is 10.6. The SMILES string of the molecule is NCc1ccc(Oc2ccc(F)cc2CCc2ccccc2)cc1. The van der Waals surface area contributed by atoms with E-state index in [9.17, 15) is 4.39 Å². The number of nitrogens with two attached hydrogens (primary N) is 1. The number of aryl methyl sites for hydroxylation is 2. The molecule has 2 nitrogen and oxygen atoms in total. The predicted molar refractivity (Wildman–Crippen MR) is 94.7 cm³/mol. The summed E-state index contributed by atoms with van der Waals surface area (Å²) in [5.41, 5.74) is 8.74. The van der Waals surface area contributed by atoms with Gasteiger partial charge in [0.15, 0.2) is 0 Å². The van der Waals surface area contributed by atoms with Crippen molar-refractivity contribution in [2.24, 2.45) is 5.73 Å². The van der Waals surface area contributed by atoms with Crippen LogP contribution in [0.2, 0.25) is 0 Å². The minimum absolute atomic E-state index is 0.246. The van der Waals surface area contributed by atoms with Gasteiger partial charge in [0.1, 0.15) is 17.3 Å². The monoisotopic (exact) mass is 321 g/mol. The molecule has 0 radical (unpaired) electrons. The third-order valence-electron chi connectivity index (χ3n) is 3.94. The molecule has 0 aliphatic carbocycles. The van der Waals surface area contributed by atoms with Crippen LogP contribution in [0.25, 0.3) is 0 Å². The summed E-state index contributed by atoms with van der Waals surface area (Å²) in [7, 11) is 0. The Labute approximate surface area is 141 Å². The van der Waals surface area contributed by atoms with E-state index >= 15 is 0 Å². The zero-order valence-electron chi connectivity index (χ0n) is 13.4. The van der Waals surface area contributed by atoms with Gasteiger partial charge in [-0.25, -0.2) is 4.39 Å². The van der Waals surface area contributed by atoms with Crippen LogP contribution in [0.15, 0.2) is 72.8 Å². The van der Waals surface area contributed by atoms with Gasteiger partial charge in [-0.05, 0) is 59.9 Å². The molecule has 3 heteroatoms. The Balaban J connectivity index is 1.77. The fourth-order valence-corrected chi connectivity index (χ4v) is 2.59. The van der Waals surface area contributed by atoms with Crippen LogP contribution in [0.3, 0.4) is 0 Å². The molecule has 0 fully saturated rings. The van der Waals surface area contributed by atoms with Gasteiger partial charge in [0.2, 0.25) is 0 Å². The van der Waals surface area contributed by atoms with Gasteiger partial charge in [0.25, 0.3) is 0 Å². The van der Waals surface area contributed by atoms with Gasteiger partial charge in [-0.3, -0.25) is 0 Å². The van der Waals surface area contributed by atoms with Gasteiger partial charge < -0.3 is 10.5 Å². The number of benzene rings is 3. The van der Waals surface area contributed by atoms with E-state index < -0.39 is 0 Å². The highest BCUT2D eigenvalue weighted by atomic mass is 19.1. The number of halogens is 1. The lowest BCUT2D eigenvalue weighted by molar-refractivity contribution is 0.473. The summed E-state index contributed by atoms with van der Waals surface area (Å²) in [4.78, 5) is 0. The maximum atomic E-state index is 13.6. The van der Waals surface area contributed by atoms with Crippen LogP contribution in [0.5, 0.6) is 11.5 Å². The van der Waals surface area contributed by atoms with E-state index in [1.807, 2.05) is 42.5 Å². The minimum Gasteiger partial charge on any atom is -0.457 e. The molecule has 0 aromatic heterocycles. The van der Waals surface area contributed by atoms with Crippen molar-refractivity contribution in [2.45, 2.75) is 19.4 Å². The Morgan fingerprint density at radius 1 is 0.792 bits per heavy atom. The first-order valence-electron chi connectivity index (χ1n) is 8.04. The third-order valence-corrected chi connectivity index (χ3v) is 3.94. The molecule has 3 aromatic rings. The summed E-state index contributed by atoms with van der Waals surface area (Å²) in [5, 5.41) is 0. The van der Waals surface area contributed by atoms with E-state index in [-0.39, 0.29) is 5.82 Å². The maximum Gasteiger partial charge on any atom is 0.130 e. The fourth-order valence-electron chi connectivity index (χ4n) is 2.59. The van der Waals surface area contributed by atoms with Crippen LogP contribution in [-0.4, -0.2) is 0 Å². The van der Waals surface area contributed by atoms with Crippen molar-refractivity contribution in [1.82, 2.24) is 0 Å². The number of hydrogen-bond acceptors (Lipinski definition) is 2. The lowest BCUT2D eigenvalue weighted by Crippen LogP contribution is -1.98. The molecule has 0 aliphatic heterocycles. The molecule has 0 spiro atoms. The van der Waals surface area contributed by atoms with Gasteiger partial charge in [0.05, 0.1) is 0 Å². The van der Waals surface area contributed by atoms with Gasteiger partial charge >= 0.3 is 0 Å². The quantitative estimate of drug-likeness (QED) is 0.703. The van der Waals surface area contributed by atoms with Crippen LogP contribution in [0, 0.1) is 5.82 Å². The van der Waals surface area contributed by atoms with Crippen LogP contribution in [-0.2, 0) is 19.4 Å². The van der Waals surface area contributed by atoms with Crippen molar-refractivity contribution in [1.29, 1.82) is 0 Å². The molecule has 2 N–H and O–H groups in total. The van der Waals surface area contributed by atoms with Crippen molar-refractivity contribution >= 4 is 0 Å². The van der Waals surface area contributed by atoms with Crippen LogP contribution >= 0.6 is 0 Å². The molecule has 122 valence electrons. The zero-order chi connectivity index (χ0) is 16.8. The Kier molecular flexibility index (Phi) is 5.24. The Morgan fingerprint density at radius 2 is 1.54 bits per heavy atom. The lowest BCUT2D eigenvalue weighted by atomic mass is 10.0. The van der Waals surface area contributed by atoms with E-state index in [4.69, 9.17) is 10.5 Å². The predicted octanol–water partition coefficient (Wildman–Crippen LogP) is 4.86. The summed E-state index contributed by atoms with van der Waals surface area (Å²) in [5.74, 6) is 1.16. The van der Waals surface area contributed by atoms with E-state index in [1.165, 1.54) is 11.6 Å². The van der Waals surface area contributed by atoms with E-state index in [2.05, 4.69) is 12.1 Å². The highest BCUT2D eigenvalue weighted by Crippen LogP contribution is 2.27. The highest BCUT2D eigenvalue weighted by molar-refractivity contribution is 5.39. The Hall–Kier alpha value is -2.65. The molecule has 0 heterocycles. The number of ether oxygens (including phenoxy) is 1. The van der Waals surface area contributed by atoms with Gasteiger partial charge in [-0.15, -0.1) is 0 Å². The molecule has 0 bridgehead atoms. The molecule has 0 unspecified atom stereocenters. The average Bonchev–Trinajstić information content (AvgIpc) is 2.63. The molecule has 0 saturated carbocycles. The maximum absolute atomic E-state index is 13.6. The van der Waals surface area contributed by atoms with Gasteiger partial charge in [-0.1, -0.05) is 42.5 Å². The summed E-state index contributed by atoms with van der Waals surface area (Å²) in [6, 6.07) is 22.5. The van der Waals surface area contributed by atoms with Crippen molar-refractivity contribution < 1.29 is 9.13 Å². The fraction of sp³-hybridized carbons (Fsp3) is 0.143. The van der Waals surface area contributed by atoms with Gasteiger partial charge in [0, 0.05) is 6.54 Å². The van der Waals surface area contributed by atoms with Crippen LogP contribution in [0.4, 0.5) is 4.39 Å². The first-order valence-corrected chi connectivity index (χ1v) is 8.04. The molecule has 0 saturated heterocycles. The van der Waals surface area contributed by atoms with E-state index in [1.54, 1.807) is 12.1 Å². The minimum atomic E-state index is -0.246. The molecular weight excluding hydrogens is 301 g/mol. The van der Waals surface area contributed by atoms with Crippen molar-refractivity contribution in [2.75, 3.05) is 0 Å². The number of hydrogen-bond donors (Lipinski definition) is 1. The van der Waals surface area contributed by atoms with Gasteiger partial charge in [-0.2, -0.15) is 0 Å². The molecule has 0 atom stereocenters. The molecular formula is C21H20FNO. The summed E-state index contributed by atoms with van der Waals surface area (Å²) in [6.45, 7) is 0.499. The van der Waals surface area contributed by atoms with E-state index in [0.29, 0.717) is 12.3 Å². The second-order valence-corrected chi connectivity index (χ2v) is 5.69. The first-order chi connectivity index (χ1) is 11.7. The second kappa shape index (κ2) is 7.75. The van der Waals surface area contributed by atoms with E-state index in [0.717, 1.165) is 29.7 Å². The largest absolute Gasteiger partial charge is 0.457 e.